The molecule has 4 atom stereocenters. The van der Waals surface area contributed by atoms with Crippen LogP contribution in [-0.4, -0.2) is 49.1 Å². The summed E-state index contributed by atoms with van der Waals surface area (Å²) >= 11 is 0. The van der Waals surface area contributed by atoms with E-state index >= 15 is 0 Å². The molecule has 2 fully saturated rings. The third-order valence-corrected chi connectivity index (χ3v) is 7.93. The van der Waals surface area contributed by atoms with Crippen molar-refractivity contribution in [2.45, 2.75) is 48.8 Å². The lowest BCUT2D eigenvalue weighted by Crippen LogP contribution is -2.78. The Morgan fingerprint density at radius 3 is 2.79 bits per heavy atom. The average Bonchev–Trinajstić information content (AvgIpc) is 3.10. The van der Waals surface area contributed by atoms with Gasteiger partial charge in [0.15, 0.2) is 23.4 Å². The zero-order valence-corrected chi connectivity index (χ0v) is 16.9. The zero-order chi connectivity index (χ0) is 19.8. The van der Waals surface area contributed by atoms with Gasteiger partial charge in [0.05, 0.1) is 18.1 Å². The number of ketones is 1. The molecule has 2 aromatic carbocycles. The molecule has 2 aliphatic carbocycles. The maximum Gasteiger partial charge on any atom is 0.174 e. The molecule has 150 valence electrons. The van der Waals surface area contributed by atoms with Gasteiger partial charge in [0.25, 0.3) is 0 Å². The molecule has 0 aromatic heterocycles. The highest BCUT2D eigenvalue weighted by Crippen LogP contribution is 2.65. The van der Waals surface area contributed by atoms with Crippen molar-refractivity contribution in [1.29, 1.82) is 0 Å². The standard InChI is InChI=1S/C24H26N2O3/c1-26-13-12-23-20-15-8-9-18(28-2)21(20)29-22(23)17(27)10-11-24(23,19(26)14-15)25-16-6-4-3-5-7-16/h3-9,19,22,25H,10-14H2,1-2H3. The number of benzene rings is 2. The summed E-state index contributed by atoms with van der Waals surface area (Å²) in [4.78, 5) is 15.7. The Balaban J connectivity index is 1.64. The molecule has 5 heteroatoms. The number of hydrogen-bond donors (Lipinski definition) is 1. The van der Waals surface area contributed by atoms with E-state index in [1.54, 1.807) is 7.11 Å². The van der Waals surface area contributed by atoms with Gasteiger partial charge >= 0.3 is 0 Å². The first-order valence-corrected chi connectivity index (χ1v) is 10.5. The number of hydrogen-bond acceptors (Lipinski definition) is 5. The number of Topliss-reactive ketones (excluding diaryl/α,β-unsaturated/α-hetero) is 1. The fourth-order valence-electron chi connectivity index (χ4n) is 6.77. The van der Waals surface area contributed by atoms with Gasteiger partial charge in [-0.1, -0.05) is 24.3 Å². The van der Waals surface area contributed by atoms with Crippen molar-refractivity contribution < 1.29 is 14.3 Å². The number of likely N-dealkylation sites (tertiary alicyclic amines) is 1. The Morgan fingerprint density at radius 1 is 1.17 bits per heavy atom. The first-order chi connectivity index (χ1) is 14.1. The molecule has 0 radical (unpaired) electrons. The van der Waals surface area contributed by atoms with E-state index in [0.717, 1.165) is 43.0 Å². The smallest absolute Gasteiger partial charge is 0.174 e. The lowest BCUT2D eigenvalue weighted by Gasteiger charge is -2.65. The largest absolute Gasteiger partial charge is 0.493 e. The number of nitrogens with zero attached hydrogens (tertiary/aromatic N) is 1. The minimum Gasteiger partial charge on any atom is -0.493 e. The highest BCUT2D eigenvalue weighted by molar-refractivity contribution is 5.90. The van der Waals surface area contributed by atoms with Gasteiger partial charge < -0.3 is 19.7 Å². The summed E-state index contributed by atoms with van der Waals surface area (Å²) in [5.41, 5.74) is 3.04. The Kier molecular flexibility index (Phi) is 3.44. The summed E-state index contributed by atoms with van der Waals surface area (Å²) in [6.07, 6.45) is 2.79. The van der Waals surface area contributed by atoms with E-state index in [1.807, 2.05) is 12.1 Å². The van der Waals surface area contributed by atoms with Crippen LogP contribution in [0.15, 0.2) is 42.5 Å². The van der Waals surface area contributed by atoms with Gasteiger partial charge in [-0.15, -0.1) is 0 Å². The van der Waals surface area contributed by atoms with Gasteiger partial charge in [0.2, 0.25) is 0 Å². The molecule has 5 nitrogen and oxygen atoms in total. The molecule has 2 aromatic rings. The van der Waals surface area contributed by atoms with Gasteiger partial charge in [-0.05, 0) is 56.6 Å². The van der Waals surface area contributed by atoms with E-state index in [-0.39, 0.29) is 16.7 Å². The number of carbonyl (C=O) groups is 1. The molecule has 4 unspecified atom stereocenters. The second kappa shape index (κ2) is 5.76. The maximum atomic E-state index is 13.2. The van der Waals surface area contributed by atoms with Gasteiger partial charge in [-0.3, -0.25) is 4.79 Å². The summed E-state index contributed by atoms with van der Waals surface area (Å²) in [6, 6.07) is 14.9. The van der Waals surface area contributed by atoms with Crippen LogP contribution in [0.2, 0.25) is 0 Å². The minimum absolute atomic E-state index is 0.227. The van der Waals surface area contributed by atoms with Crippen molar-refractivity contribution in [2.24, 2.45) is 0 Å². The Labute approximate surface area is 171 Å². The van der Waals surface area contributed by atoms with Gasteiger partial charge in [-0.2, -0.15) is 0 Å². The highest BCUT2D eigenvalue weighted by atomic mass is 16.5. The Hall–Kier alpha value is -2.53. The first-order valence-electron chi connectivity index (χ1n) is 10.5. The Bertz CT molecular complexity index is 1010. The summed E-state index contributed by atoms with van der Waals surface area (Å²) < 4.78 is 12.1. The average molecular weight is 390 g/mol. The summed E-state index contributed by atoms with van der Waals surface area (Å²) in [5.74, 6) is 1.77. The number of piperidine rings is 1. The number of ether oxygens (including phenoxy) is 2. The van der Waals surface area contributed by atoms with Crippen molar-refractivity contribution >= 4 is 11.5 Å². The molecule has 1 saturated heterocycles. The predicted molar refractivity (Wildman–Crippen MR) is 111 cm³/mol. The molecule has 2 heterocycles. The minimum atomic E-state index is -0.436. The number of para-hydroxylation sites is 1. The maximum absolute atomic E-state index is 13.2. The fraction of sp³-hybridized carbons (Fsp3) is 0.458. The van der Waals surface area contributed by atoms with E-state index in [2.05, 4.69) is 47.6 Å². The third-order valence-electron chi connectivity index (χ3n) is 7.93. The second-order valence-corrected chi connectivity index (χ2v) is 8.98. The molecule has 0 amide bonds. The molecule has 1 N–H and O–H groups in total. The topological polar surface area (TPSA) is 50.8 Å². The molecule has 2 bridgehead atoms. The van der Waals surface area contributed by atoms with Crippen LogP contribution in [0, 0.1) is 0 Å². The third kappa shape index (κ3) is 1.97. The van der Waals surface area contributed by atoms with Gasteiger partial charge in [0, 0.05) is 23.7 Å². The number of rotatable bonds is 3. The highest BCUT2D eigenvalue weighted by Gasteiger charge is 2.73. The van der Waals surface area contributed by atoms with E-state index < -0.39 is 6.10 Å². The van der Waals surface area contributed by atoms with Crippen molar-refractivity contribution in [1.82, 2.24) is 4.90 Å². The monoisotopic (exact) mass is 390 g/mol. The normalized spacial score (nSPS) is 34.3. The molecule has 29 heavy (non-hydrogen) atoms. The predicted octanol–water partition coefficient (Wildman–Crippen LogP) is 3.17. The van der Waals surface area contributed by atoms with Crippen molar-refractivity contribution in [3.05, 3.63) is 53.6 Å². The first kappa shape index (κ1) is 17.3. The molecule has 2 aliphatic heterocycles. The van der Waals surface area contributed by atoms with Gasteiger partial charge in [0.1, 0.15) is 0 Å². The van der Waals surface area contributed by atoms with Crippen molar-refractivity contribution in [3.63, 3.8) is 0 Å². The SMILES string of the molecule is COc1ccc2c3c1OC1C(=O)CCC4(Nc5ccccc5)C(C2)N(C)CCC314. The van der Waals surface area contributed by atoms with Gasteiger partial charge in [-0.25, -0.2) is 0 Å². The van der Waals surface area contributed by atoms with E-state index in [0.29, 0.717) is 12.5 Å². The molecule has 6 rings (SSSR count). The zero-order valence-electron chi connectivity index (χ0n) is 16.9. The summed E-state index contributed by atoms with van der Waals surface area (Å²) in [6.45, 7) is 0.964. The molecule has 1 saturated carbocycles. The van der Waals surface area contributed by atoms with Crippen molar-refractivity contribution in [3.8, 4) is 11.5 Å². The van der Waals surface area contributed by atoms with Crippen LogP contribution in [0.3, 0.4) is 0 Å². The lowest BCUT2D eigenvalue weighted by molar-refractivity contribution is -0.139. The number of methoxy groups -OCH3 is 1. The number of anilines is 1. The number of nitrogens with one attached hydrogen (secondary N) is 1. The molecular formula is C24H26N2O3. The van der Waals surface area contributed by atoms with E-state index in [9.17, 15) is 4.79 Å². The molecule has 1 spiro atoms. The van der Waals surface area contributed by atoms with E-state index in [4.69, 9.17) is 9.47 Å². The summed E-state index contributed by atoms with van der Waals surface area (Å²) in [7, 11) is 3.90. The number of likely N-dealkylation sites (N-methyl/N-ethyl adjacent to an activating group) is 1. The van der Waals surface area contributed by atoms with Crippen molar-refractivity contribution in [2.75, 3.05) is 26.0 Å². The van der Waals surface area contributed by atoms with Crippen LogP contribution in [0.4, 0.5) is 5.69 Å². The van der Waals surface area contributed by atoms with Crippen LogP contribution in [0.1, 0.15) is 30.4 Å². The summed E-state index contributed by atoms with van der Waals surface area (Å²) in [5, 5.41) is 3.97. The molecule has 4 aliphatic rings. The molecular weight excluding hydrogens is 364 g/mol. The Morgan fingerprint density at radius 2 is 2.00 bits per heavy atom. The van der Waals surface area contributed by atoms with Crippen LogP contribution in [0.25, 0.3) is 0 Å². The van der Waals surface area contributed by atoms with Crippen LogP contribution >= 0.6 is 0 Å². The number of carbonyl (C=O) groups excluding carboxylic acids is 1. The quantitative estimate of drug-likeness (QED) is 0.873. The van der Waals surface area contributed by atoms with Crippen LogP contribution in [-0.2, 0) is 16.6 Å². The van der Waals surface area contributed by atoms with Crippen LogP contribution in [0.5, 0.6) is 11.5 Å². The second-order valence-electron chi connectivity index (χ2n) is 8.98. The van der Waals surface area contributed by atoms with E-state index in [1.165, 1.54) is 11.1 Å². The fourth-order valence-corrected chi connectivity index (χ4v) is 6.77. The lowest BCUT2D eigenvalue weighted by atomic mass is 9.47. The van der Waals surface area contributed by atoms with Crippen LogP contribution < -0.4 is 14.8 Å².